The van der Waals surface area contributed by atoms with Crippen molar-refractivity contribution in [2.75, 3.05) is 37.7 Å². The predicted molar refractivity (Wildman–Crippen MR) is 108 cm³/mol. The highest BCUT2D eigenvalue weighted by atomic mass is 19.1. The van der Waals surface area contributed by atoms with Gasteiger partial charge in [0.05, 0.1) is 18.8 Å². The molecule has 3 heterocycles. The Hall–Kier alpha value is -3.44. The maximum absolute atomic E-state index is 14.9. The largest absolute Gasteiger partial charge is 0.471 e. The first kappa shape index (κ1) is 21.8. The molecular weight excluding hydrogens is 425 g/mol. The van der Waals surface area contributed by atoms with Crippen molar-refractivity contribution in [2.45, 2.75) is 18.6 Å². The summed E-state index contributed by atoms with van der Waals surface area (Å²) >= 11 is 0. The Morgan fingerprint density at radius 3 is 2.88 bits per heavy atom. The molecule has 0 aliphatic carbocycles. The lowest BCUT2D eigenvalue weighted by Gasteiger charge is -2.28. The number of anilines is 1. The SMILES string of the molecule is O=C([C@H](O)CO)N1CC=C(c2ccc(N3C[C@H](COc4ccon4)OC3=O)cc2F)CC1. The minimum Gasteiger partial charge on any atom is -0.471 e. The first-order chi connectivity index (χ1) is 15.5. The van der Waals surface area contributed by atoms with E-state index < -0.39 is 36.6 Å². The molecule has 0 radical (unpaired) electrons. The van der Waals surface area contributed by atoms with Crippen LogP contribution in [0.5, 0.6) is 5.88 Å². The average molecular weight is 447 g/mol. The number of amides is 2. The molecule has 11 heteroatoms. The summed E-state index contributed by atoms with van der Waals surface area (Å²) in [5.41, 5.74) is 1.46. The second-order valence-corrected chi connectivity index (χ2v) is 7.39. The topological polar surface area (TPSA) is 126 Å². The molecule has 2 aliphatic heterocycles. The summed E-state index contributed by atoms with van der Waals surface area (Å²) < 4.78 is 30.2. The number of carbonyl (C=O) groups is 2. The van der Waals surface area contributed by atoms with E-state index in [0.717, 1.165) is 5.57 Å². The zero-order valence-electron chi connectivity index (χ0n) is 17.0. The van der Waals surface area contributed by atoms with E-state index in [2.05, 4.69) is 9.68 Å². The molecule has 2 amide bonds. The highest BCUT2D eigenvalue weighted by Gasteiger charge is 2.33. The molecule has 1 fully saturated rings. The van der Waals surface area contributed by atoms with E-state index in [1.54, 1.807) is 18.2 Å². The smallest absolute Gasteiger partial charge is 0.414 e. The number of aliphatic hydroxyl groups is 2. The number of ether oxygens (including phenoxy) is 2. The van der Waals surface area contributed by atoms with Gasteiger partial charge >= 0.3 is 6.09 Å². The molecule has 32 heavy (non-hydrogen) atoms. The summed E-state index contributed by atoms with van der Waals surface area (Å²) in [4.78, 5) is 26.9. The second-order valence-electron chi connectivity index (χ2n) is 7.39. The standard InChI is InChI=1S/C21H22FN3O7/c22-17-9-14(25-10-15(32-21(25)29)12-30-19-5-8-31-23-19)1-2-16(17)13-3-6-24(7-4-13)20(28)18(27)11-26/h1-3,5,8-9,15,18,26-27H,4,6-7,10-12H2/t15-,18-/m1/s1. The van der Waals surface area contributed by atoms with E-state index in [0.29, 0.717) is 24.2 Å². The van der Waals surface area contributed by atoms with E-state index >= 15 is 0 Å². The fraction of sp³-hybridized carbons (Fsp3) is 0.381. The lowest BCUT2D eigenvalue weighted by molar-refractivity contribution is -0.141. The highest BCUT2D eigenvalue weighted by molar-refractivity contribution is 5.90. The predicted octanol–water partition coefficient (Wildman–Crippen LogP) is 1.19. The van der Waals surface area contributed by atoms with Crippen LogP contribution in [0.15, 0.2) is 41.1 Å². The van der Waals surface area contributed by atoms with Crippen molar-refractivity contribution in [3.63, 3.8) is 0 Å². The van der Waals surface area contributed by atoms with Gasteiger partial charge in [-0.2, -0.15) is 0 Å². The summed E-state index contributed by atoms with van der Waals surface area (Å²) in [5, 5.41) is 22.0. The number of cyclic esters (lactones) is 1. The van der Waals surface area contributed by atoms with Crippen molar-refractivity contribution in [3.05, 3.63) is 48.0 Å². The number of aromatic nitrogens is 1. The summed E-state index contributed by atoms with van der Waals surface area (Å²) in [7, 11) is 0. The molecule has 2 N–H and O–H groups in total. The van der Waals surface area contributed by atoms with Gasteiger partial charge in [0.15, 0.2) is 12.2 Å². The van der Waals surface area contributed by atoms with Crippen LogP contribution < -0.4 is 9.64 Å². The van der Waals surface area contributed by atoms with E-state index in [4.69, 9.17) is 14.6 Å². The molecule has 2 aliphatic rings. The van der Waals surface area contributed by atoms with Gasteiger partial charge < -0.3 is 29.1 Å². The quantitative estimate of drug-likeness (QED) is 0.648. The van der Waals surface area contributed by atoms with Crippen molar-refractivity contribution in [2.24, 2.45) is 0 Å². The number of hydrogen-bond donors (Lipinski definition) is 2. The highest BCUT2D eigenvalue weighted by Crippen LogP contribution is 2.30. The lowest BCUT2D eigenvalue weighted by atomic mass is 9.98. The summed E-state index contributed by atoms with van der Waals surface area (Å²) in [5.74, 6) is -0.783. The van der Waals surface area contributed by atoms with Crippen LogP contribution in [0, 0.1) is 5.82 Å². The molecule has 0 unspecified atom stereocenters. The zero-order valence-corrected chi connectivity index (χ0v) is 17.0. The number of aliphatic hydroxyl groups excluding tert-OH is 2. The molecular formula is C21H22FN3O7. The van der Waals surface area contributed by atoms with Crippen LogP contribution in [0.4, 0.5) is 14.9 Å². The second kappa shape index (κ2) is 9.37. The molecule has 1 aromatic carbocycles. The van der Waals surface area contributed by atoms with Gasteiger partial charge in [-0.05, 0) is 35.3 Å². The summed E-state index contributed by atoms with van der Waals surface area (Å²) in [6.07, 6.45) is 0.882. The first-order valence-electron chi connectivity index (χ1n) is 10.0. The third-order valence-corrected chi connectivity index (χ3v) is 5.29. The van der Waals surface area contributed by atoms with Gasteiger partial charge in [-0.3, -0.25) is 9.69 Å². The van der Waals surface area contributed by atoms with Gasteiger partial charge in [0, 0.05) is 24.7 Å². The van der Waals surface area contributed by atoms with Gasteiger partial charge in [0.25, 0.3) is 11.8 Å². The Labute approximate surface area is 182 Å². The van der Waals surface area contributed by atoms with Crippen molar-refractivity contribution in [1.82, 2.24) is 10.1 Å². The molecule has 1 saturated heterocycles. The van der Waals surface area contributed by atoms with Crippen molar-refractivity contribution in [1.29, 1.82) is 0 Å². The number of rotatable bonds is 7. The Bertz CT molecular complexity index is 1010. The molecule has 0 saturated carbocycles. The Kier molecular flexibility index (Phi) is 6.37. The van der Waals surface area contributed by atoms with Crippen LogP contribution in [0.1, 0.15) is 12.0 Å². The minimum atomic E-state index is -1.45. The third-order valence-electron chi connectivity index (χ3n) is 5.29. The molecule has 0 bridgehead atoms. The zero-order chi connectivity index (χ0) is 22.7. The molecule has 170 valence electrons. The Morgan fingerprint density at radius 1 is 1.38 bits per heavy atom. The third kappa shape index (κ3) is 4.58. The lowest BCUT2D eigenvalue weighted by Crippen LogP contribution is -2.42. The maximum atomic E-state index is 14.9. The Morgan fingerprint density at radius 2 is 2.22 bits per heavy atom. The monoisotopic (exact) mass is 447 g/mol. The van der Waals surface area contributed by atoms with E-state index in [1.807, 2.05) is 0 Å². The number of halogens is 1. The first-order valence-corrected chi connectivity index (χ1v) is 10.0. The van der Waals surface area contributed by atoms with Crippen molar-refractivity contribution < 1.29 is 38.2 Å². The average Bonchev–Trinajstić information content (AvgIpc) is 3.46. The van der Waals surface area contributed by atoms with Crippen molar-refractivity contribution >= 4 is 23.3 Å². The van der Waals surface area contributed by atoms with Gasteiger partial charge in [0.1, 0.15) is 18.7 Å². The van der Waals surface area contributed by atoms with Gasteiger partial charge in [-0.15, -0.1) is 0 Å². The van der Waals surface area contributed by atoms with E-state index in [9.17, 15) is 19.1 Å². The van der Waals surface area contributed by atoms with Crippen LogP contribution in [0.25, 0.3) is 5.57 Å². The van der Waals surface area contributed by atoms with Gasteiger partial charge in [0.2, 0.25) is 0 Å². The normalized spacial score (nSPS) is 19.5. The molecule has 10 nitrogen and oxygen atoms in total. The van der Waals surface area contributed by atoms with E-state index in [1.165, 1.54) is 28.2 Å². The number of nitrogens with zero attached hydrogens (tertiary/aromatic N) is 3. The number of hydrogen-bond acceptors (Lipinski definition) is 8. The van der Waals surface area contributed by atoms with Crippen LogP contribution in [-0.4, -0.2) is 77.3 Å². The fourth-order valence-electron chi connectivity index (χ4n) is 3.61. The maximum Gasteiger partial charge on any atom is 0.414 e. The van der Waals surface area contributed by atoms with E-state index in [-0.39, 0.29) is 25.6 Å². The number of benzene rings is 1. The van der Waals surface area contributed by atoms with Crippen LogP contribution in [-0.2, 0) is 9.53 Å². The molecule has 1 aromatic heterocycles. The fourth-order valence-corrected chi connectivity index (χ4v) is 3.61. The van der Waals surface area contributed by atoms with Crippen LogP contribution >= 0.6 is 0 Å². The number of carbonyl (C=O) groups excluding carboxylic acids is 2. The summed E-state index contributed by atoms with van der Waals surface area (Å²) in [6, 6.07) is 6.02. The van der Waals surface area contributed by atoms with Gasteiger partial charge in [-0.25, -0.2) is 9.18 Å². The minimum absolute atomic E-state index is 0.0857. The molecule has 2 aromatic rings. The Balaban J connectivity index is 1.39. The van der Waals surface area contributed by atoms with Crippen LogP contribution in [0.2, 0.25) is 0 Å². The van der Waals surface area contributed by atoms with Crippen LogP contribution in [0.3, 0.4) is 0 Å². The summed E-state index contributed by atoms with van der Waals surface area (Å²) in [6.45, 7) is 0.144. The molecule has 0 spiro atoms. The van der Waals surface area contributed by atoms with Crippen molar-refractivity contribution in [3.8, 4) is 5.88 Å². The molecule has 2 atom stereocenters. The van der Waals surface area contributed by atoms with Gasteiger partial charge in [-0.1, -0.05) is 6.08 Å². The molecule has 4 rings (SSSR count).